The van der Waals surface area contributed by atoms with Crippen LogP contribution in [0.15, 0.2) is 24.3 Å². The summed E-state index contributed by atoms with van der Waals surface area (Å²) < 4.78 is 23.9. The lowest BCUT2D eigenvalue weighted by molar-refractivity contribution is -0.138. The van der Waals surface area contributed by atoms with E-state index < -0.39 is 6.61 Å². The highest BCUT2D eigenvalue weighted by atomic mass is 19.3. The molecule has 2 N–H and O–H groups in total. The van der Waals surface area contributed by atoms with Gasteiger partial charge in [0.25, 0.3) is 0 Å². The lowest BCUT2D eigenvalue weighted by Crippen LogP contribution is -2.18. The van der Waals surface area contributed by atoms with Crippen molar-refractivity contribution < 1.29 is 13.6 Å². The first kappa shape index (κ1) is 8.74. The van der Waals surface area contributed by atoms with Gasteiger partial charge in [-0.1, -0.05) is 17.0 Å². The average molecular weight is 199 g/mol. The van der Waals surface area contributed by atoms with Crippen molar-refractivity contribution in [2.45, 2.75) is 6.61 Å². The summed E-state index contributed by atoms with van der Waals surface area (Å²) >= 11 is 0. The largest absolute Gasteiger partial charge is 0.407 e. The molecule has 0 atom stereocenters. The van der Waals surface area contributed by atoms with Gasteiger partial charge in [-0.25, -0.2) is 0 Å². The van der Waals surface area contributed by atoms with Crippen molar-refractivity contribution in [1.82, 2.24) is 9.94 Å². The molecular weight excluding hydrogens is 192 g/mol. The number of benzene rings is 1. The molecule has 1 aromatic carbocycles. The van der Waals surface area contributed by atoms with Crippen molar-refractivity contribution in [3.05, 3.63) is 24.3 Å². The Morgan fingerprint density at radius 3 is 2.79 bits per heavy atom. The van der Waals surface area contributed by atoms with Crippen molar-refractivity contribution in [1.29, 1.82) is 0 Å². The van der Waals surface area contributed by atoms with Crippen LogP contribution in [0.4, 0.5) is 14.6 Å². The van der Waals surface area contributed by atoms with E-state index in [1.54, 1.807) is 24.3 Å². The minimum absolute atomic E-state index is 0.168. The van der Waals surface area contributed by atoms with Crippen LogP contribution in [0.5, 0.6) is 0 Å². The van der Waals surface area contributed by atoms with Crippen LogP contribution in [0, 0.1) is 0 Å². The van der Waals surface area contributed by atoms with Gasteiger partial charge in [-0.3, -0.25) is 0 Å². The van der Waals surface area contributed by atoms with Crippen molar-refractivity contribution in [3.8, 4) is 0 Å². The molecule has 2 rings (SSSR count). The molecule has 1 aromatic heterocycles. The molecular formula is C8H7F2N3O. The number of alkyl halides is 2. The van der Waals surface area contributed by atoms with Gasteiger partial charge in [0, 0.05) is 5.39 Å². The van der Waals surface area contributed by atoms with Gasteiger partial charge in [0.15, 0.2) is 5.82 Å². The van der Waals surface area contributed by atoms with Crippen LogP contribution < -0.4 is 10.6 Å². The third-order valence-electron chi connectivity index (χ3n) is 1.76. The summed E-state index contributed by atoms with van der Waals surface area (Å²) in [6.07, 6.45) is 0. The van der Waals surface area contributed by atoms with Crippen LogP contribution in [0.1, 0.15) is 0 Å². The number of nitrogens with zero attached hydrogens (tertiary/aromatic N) is 2. The summed E-state index contributed by atoms with van der Waals surface area (Å²) in [4.78, 5) is 4.87. The molecule has 74 valence electrons. The summed E-state index contributed by atoms with van der Waals surface area (Å²) in [5, 5.41) is 4.21. The van der Waals surface area contributed by atoms with E-state index in [9.17, 15) is 8.78 Å². The Kier molecular flexibility index (Phi) is 1.95. The Morgan fingerprint density at radius 1 is 1.36 bits per heavy atom. The Balaban J connectivity index is 2.55. The lowest BCUT2D eigenvalue weighted by Gasteiger charge is -2.02. The molecule has 0 fully saturated rings. The van der Waals surface area contributed by atoms with E-state index in [0.29, 0.717) is 10.9 Å². The van der Waals surface area contributed by atoms with Crippen LogP contribution in [0.25, 0.3) is 10.9 Å². The summed E-state index contributed by atoms with van der Waals surface area (Å²) in [6, 6.07) is 6.71. The SMILES string of the molecule is Nc1nn(OC(F)F)c2ccccc12. The molecule has 0 spiro atoms. The van der Waals surface area contributed by atoms with Crippen molar-refractivity contribution in [2.75, 3.05) is 5.73 Å². The number of hydrogen-bond acceptors (Lipinski definition) is 3. The van der Waals surface area contributed by atoms with Gasteiger partial charge in [-0.15, -0.1) is 5.10 Å². The normalized spacial score (nSPS) is 11.1. The smallest absolute Gasteiger partial charge is 0.382 e. The molecule has 0 aliphatic heterocycles. The molecule has 0 bridgehead atoms. The third-order valence-corrected chi connectivity index (χ3v) is 1.76. The molecule has 0 saturated heterocycles. The van der Waals surface area contributed by atoms with Crippen LogP contribution in [0.3, 0.4) is 0 Å². The Bertz CT molecular complexity index is 455. The summed E-state index contributed by atoms with van der Waals surface area (Å²) in [7, 11) is 0. The fourth-order valence-corrected chi connectivity index (χ4v) is 1.22. The first-order chi connectivity index (χ1) is 6.68. The van der Waals surface area contributed by atoms with E-state index >= 15 is 0 Å². The van der Waals surface area contributed by atoms with Crippen LogP contribution in [0.2, 0.25) is 0 Å². The predicted molar refractivity (Wildman–Crippen MR) is 46.7 cm³/mol. The molecule has 4 nitrogen and oxygen atoms in total. The highest BCUT2D eigenvalue weighted by Crippen LogP contribution is 2.19. The van der Waals surface area contributed by atoms with E-state index in [-0.39, 0.29) is 5.82 Å². The number of fused-ring (bicyclic) bond motifs is 1. The zero-order valence-corrected chi connectivity index (χ0v) is 7.02. The summed E-state index contributed by atoms with van der Waals surface area (Å²) in [6.45, 7) is -2.92. The highest BCUT2D eigenvalue weighted by Gasteiger charge is 2.11. The molecule has 14 heavy (non-hydrogen) atoms. The van der Waals surface area contributed by atoms with Gasteiger partial charge in [-0.2, -0.15) is 8.78 Å². The zero-order chi connectivity index (χ0) is 10.1. The topological polar surface area (TPSA) is 53.1 Å². The minimum Gasteiger partial charge on any atom is -0.382 e. The molecule has 2 aromatic rings. The monoisotopic (exact) mass is 199 g/mol. The average Bonchev–Trinajstić information content (AvgIpc) is 2.44. The van der Waals surface area contributed by atoms with Gasteiger partial charge in [0.1, 0.15) is 5.52 Å². The molecule has 0 radical (unpaired) electrons. The summed E-state index contributed by atoms with van der Waals surface area (Å²) in [5.74, 6) is 0.168. The second kappa shape index (κ2) is 3.13. The Morgan fingerprint density at radius 2 is 2.07 bits per heavy atom. The van der Waals surface area contributed by atoms with Crippen molar-refractivity contribution in [3.63, 3.8) is 0 Å². The molecule has 1 heterocycles. The van der Waals surface area contributed by atoms with E-state index in [1.165, 1.54) is 0 Å². The number of nitrogens with two attached hydrogens (primary N) is 1. The maximum atomic E-state index is 11.9. The minimum atomic E-state index is -2.92. The van der Waals surface area contributed by atoms with Gasteiger partial charge in [0.2, 0.25) is 0 Å². The van der Waals surface area contributed by atoms with Crippen LogP contribution in [-0.2, 0) is 0 Å². The molecule has 0 amide bonds. The van der Waals surface area contributed by atoms with Gasteiger partial charge < -0.3 is 10.6 Å². The number of para-hydroxylation sites is 1. The number of aromatic nitrogens is 2. The Hall–Kier alpha value is -1.85. The first-order valence-electron chi connectivity index (χ1n) is 3.87. The fourth-order valence-electron chi connectivity index (χ4n) is 1.22. The number of halogens is 2. The molecule has 0 saturated carbocycles. The zero-order valence-electron chi connectivity index (χ0n) is 7.02. The van der Waals surface area contributed by atoms with Gasteiger partial charge in [0.05, 0.1) is 0 Å². The van der Waals surface area contributed by atoms with E-state index in [2.05, 4.69) is 9.94 Å². The number of anilines is 1. The van der Waals surface area contributed by atoms with Gasteiger partial charge in [-0.05, 0) is 12.1 Å². The Labute approximate surface area is 77.8 Å². The number of hydrogen-bond donors (Lipinski definition) is 1. The molecule has 0 unspecified atom stereocenters. The standard InChI is InChI=1S/C8H7F2N3O/c9-8(10)14-13-6-4-2-1-3-5(6)7(11)12-13/h1-4,8H,(H2,11,12). The fraction of sp³-hybridized carbons (Fsp3) is 0.125. The van der Waals surface area contributed by atoms with Gasteiger partial charge >= 0.3 is 6.61 Å². The van der Waals surface area contributed by atoms with E-state index in [0.717, 1.165) is 4.85 Å². The first-order valence-corrected chi connectivity index (χ1v) is 3.87. The van der Waals surface area contributed by atoms with Crippen LogP contribution in [-0.4, -0.2) is 16.6 Å². The molecule has 6 heteroatoms. The third kappa shape index (κ3) is 1.34. The quantitative estimate of drug-likeness (QED) is 0.792. The predicted octanol–water partition coefficient (Wildman–Crippen LogP) is 1.27. The molecule has 0 aliphatic rings. The molecule has 0 aliphatic carbocycles. The van der Waals surface area contributed by atoms with E-state index in [4.69, 9.17) is 5.73 Å². The van der Waals surface area contributed by atoms with Crippen molar-refractivity contribution >= 4 is 16.7 Å². The number of nitrogen functional groups attached to an aromatic ring is 1. The maximum Gasteiger partial charge on any atom is 0.407 e. The second-order valence-electron chi connectivity index (χ2n) is 2.64. The van der Waals surface area contributed by atoms with Crippen molar-refractivity contribution in [2.24, 2.45) is 0 Å². The number of rotatable bonds is 2. The highest BCUT2D eigenvalue weighted by molar-refractivity contribution is 5.88. The van der Waals surface area contributed by atoms with Crippen LogP contribution >= 0.6 is 0 Å². The van der Waals surface area contributed by atoms with E-state index in [1.807, 2.05) is 0 Å². The maximum absolute atomic E-state index is 11.9. The summed E-state index contributed by atoms with van der Waals surface area (Å²) in [5.41, 5.74) is 5.92. The second-order valence-corrected chi connectivity index (χ2v) is 2.64. The lowest BCUT2D eigenvalue weighted by atomic mass is 10.2.